The second-order valence-electron chi connectivity index (χ2n) is 7.19. The second-order valence-corrected chi connectivity index (χ2v) is 9.12. The number of ether oxygens (including phenoxy) is 3. The van der Waals surface area contributed by atoms with Crippen molar-refractivity contribution in [2.75, 3.05) is 47.1 Å². The molecule has 1 aliphatic heterocycles. The summed E-state index contributed by atoms with van der Waals surface area (Å²) in [5.74, 6) is -0.100. The molecule has 0 radical (unpaired) electrons. The van der Waals surface area contributed by atoms with E-state index in [1.807, 2.05) is 12.1 Å². The number of rotatable bonds is 9. The van der Waals surface area contributed by atoms with Gasteiger partial charge in [0, 0.05) is 19.6 Å². The van der Waals surface area contributed by atoms with Crippen molar-refractivity contribution in [3.8, 4) is 11.5 Å². The first-order chi connectivity index (χ1) is 15.8. The highest BCUT2D eigenvalue weighted by Crippen LogP contribution is 2.25. The molecule has 0 aliphatic carbocycles. The van der Waals surface area contributed by atoms with Crippen molar-refractivity contribution in [3.05, 3.63) is 53.6 Å². The zero-order valence-corrected chi connectivity index (χ0v) is 19.3. The summed E-state index contributed by atoms with van der Waals surface area (Å²) in [4.78, 5) is 24.9. The van der Waals surface area contributed by atoms with Gasteiger partial charge in [0.1, 0.15) is 11.5 Å². The Bertz CT molecular complexity index is 1080. The largest absolute Gasteiger partial charge is 0.497 e. The predicted octanol–water partition coefficient (Wildman–Crippen LogP) is 0.771. The van der Waals surface area contributed by atoms with Crippen LogP contribution in [0.15, 0.2) is 47.4 Å². The predicted molar refractivity (Wildman–Crippen MR) is 120 cm³/mol. The van der Waals surface area contributed by atoms with Crippen LogP contribution in [-0.2, 0) is 26.1 Å². The molecule has 0 saturated carbocycles. The van der Waals surface area contributed by atoms with E-state index in [1.165, 1.54) is 29.6 Å². The van der Waals surface area contributed by atoms with Gasteiger partial charge in [-0.3, -0.25) is 9.59 Å². The lowest BCUT2D eigenvalue weighted by molar-refractivity contribution is -0.120. The van der Waals surface area contributed by atoms with Crippen molar-refractivity contribution < 1.29 is 32.2 Å². The Hall–Kier alpha value is -3.15. The minimum atomic E-state index is -3.79. The summed E-state index contributed by atoms with van der Waals surface area (Å²) in [5.41, 5.74) is 0.896. The maximum atomic E-state index is 12.9. The first-order valence-corrected chi connectivity index (χ1v) is 11.7. The smallest absolute Gasteiger partial charge is 0.255 e. The summed E-state index contributed by atoms with van der Waals surface area (Å²) in [6.07, 6.45) is 0. The van der Waals surface area contributed by atoms with Crippen LogP contribution in [0.3, 0.4) is 0 Å². The first kappa shape index (κ1) is 24.5. The molecular formula is C22H27N3O7S. The Morgan fingerprint density at radius 2 is 1.70 bits per heavy atom. The number of nitrogens with one attached hydrogen (secondary N) is 2. The number of hydrogen-bond donors (Lipinski definition) is 2. The van der Waals surface area contributed by atoms with Crippen LogP contribution in [0, 0.1) is 0 Å². The molecule has 0 bridgehead atoms. The Kier molecular flexibility index (Phi) is 8.26. The van der Waals surface area contributed by atoms with Crippen molar-refractivity contribution in [1.29, 1.82) is 0 Å². The molecule has 1 saturated heterocycles. The maximum absolute atomic E-state index is 12.9. The van der Waals surface area contributed by atoms with Gasteiger partial charge in [-0.2, -0.15) is 4.31 Å². The van der Waals surface area contributed by atoms with Gasteiger partial charge < -0.3 is 24.8 Å². The summed E-state index contributed by atoms with van der Waals surface area (Å²) in [6, 6.07) is 11.3. The third-order valence-corrected chi connectivity index (χ3v) is 6.98. The Morgan fingerprint density at radius 1 is 1.00 bits per heavy atom. The van der Waals surface area contributed by atoms with Gasteiger partial charge in [-0.25, -0.2) is 8.42 Å². The number of methoxy groups -OCH3 is 2. The molecule has 178 valence electrons. The summed E-state index contributed by atoms with van der Waals surface area (Å²) in [7, 11) is -0.839. The third kappa shape index (κ3) is 6.21. The quantitative estimate of drug-likeness (QED) is 0.547. The summed E-state index contributed by atoms with van der Waals surface area (Å²) in [6.45, 7) is 1.12. The zero-order valence-electron chi connectivity index (χ0n) is 18.5. The normalized spacial score (nSPS) is 14.4. The fourth-order valence-corrected chi connectivity index (χ4v) is 4.66. The van der Waals surface area contributed by atoms with Crippen LogP contribution in [0.4, 0.5) is 0 Å². The number of carbonyl (C=O) groups excluding carboxylic acids is 2. The highest BCUT2D eigenvalue weighted by molar-refractivity contribution is 7.89. The summed E-state index contributed by atoms with van der Waals surface area (Å²) in [5, 5.41) is 5.22. The second kappa shape index (κ2) is 11.1. The Balaban J connectivity index is 1.63. The molecule has 0 aromatic heterocycles. The van der Waals surface area contributed by atoms with E-state index in [-0.39, 0.29) is 42.4 Å². The van der Waals surface area contributed by atoms with Crippen LogP contribution in [0.25, 0.3) is 0 Å². The molecule has 0 spiro atoms. The molecule has 2 amide bonds. The van der Waals surface area contributed by atoms with E-state index in [2.05, 4.69) is 10.6 Å². The third-order valence-electron chi connectivity index (χ3n) is 5.08. The average molecular weight is 478 g/mol. The molecule has 0 atom stereocenters. The van der Waals surface area contributed by atoms with E-state index in [1.54, 1.807) is 19.2 Å². The van der Waals surface area contributed by atoms with Crippen LogP contribution in [0.5, 0.6) is 11.5 Å². The molecule has 2 aromatic rings. The molecule has 0 unspecified atom stereocenters. The standard InChI is InChI=1S/C22H27N3O7S/c1-30-17-5-3-16(4-6-17)14-23-21(26)15-24-22(27)19-13-18(7-8-20(19)31-2)33(28,29)25-9-11-32-12-10-25/h3-8,13H,9-12,14-15H2,1-2H3,(H,23,26)(H,24,27). The number of morpholine rings is 1. The van der Waals surface area contributed by atoms with Gasteiger partial charge in [0.25, 0.3) is 5.91 Å². The molecule has 1 fully saturated rings. The van der Waals surface area contributed by atoms with Gasteiger partial charge >= 0.3 is 0 Å². The van der Waals surface area contributed by atoms with E-state index in [0.717, 1.165) is 5.56 Å². The average Bonchev–Trinajstić information content (AvgIpc) is 2.86. The van der Waals surface area contributed by atoms with Gasteiger partial charge in [0.05, 0.1) is 44.4 Å². The molecule has 2 N–H and O–H groups in total. The van der Waals surface area contributed by atoms with Gasteiger partial charge in [0.2, 0.25) is 15.9 Å². The lowest BCUT2D eigenvalue weighted by Gasteiger charge is -2.26. The van der Waals surface area contributed by atoms with Crippen molar-refractivity contribution in [2.24, 2.45) is 0 Å². The highest BCUT2D eigenvalue weighted by Gasteiger charge is 2.28. The van der Waals surface area contributed by atoms with Crippen LogP contribution >= 0.6 is 0 Å². The van der Waals surface area contributed by atoms with Crippen LogP contribution < -0.4 is 20.1 Å². The van der Waals surface area contributed by atoms with E-state index in [0.29, 0.717) is 19.0 Å². The molecular weight excluding hydrogens is 450 g/mol. The van der Waals surface area contributed by atoms with Crippen LogP contribution in [0.1, 0.15) is 15.9 Å². The van der Waals surface area contributed by atoms with E-state index in [9.17, 15) is 18.0 Å². The molecule has 1 aliphatic rings. The Labute approximate surface area is 192 Å². The number of sulfonamides is 1. The van der Waals surface area contributed by atoms with E-state index >= 15 is 0 Å². The lowest BCUT2D eigenvalue weighted by Crippen LogP contribution is -2.40. The van der Waals surface area contributed by atoms with Gasteiger partial charge in [-0.1, -0.05) is 12.1 Å². The lowest BCUT2D eigenvalue weighted by atomic mass is 10.2. The molecule has 2 aromatic carbocycles. The van der Waals surface area contributed by atoms with E-state index in [4.69, 9.17) is 14.2 Å². The van der Waals surface area contributed by atoms with Crippen molar-refractivity contribution >= 4 is 21.8 Å². The van der Waals surface area contributed by atoms with Gasteiger partial charge in [-0.05, 0) is 35.9 Å². The van der Waals surface area contributed by atoms with Crippen LogP contribution in [-0.4, -0.2) is 71.6 Å². The van der Waals surface area contributed by atoms with Gasteiger partial charge in [0.15, 0.2) is 0 Å². The fraction of sp³-hybridized carbons (Fsp3) is 0.364. The molecule has 1 heterocycles. The molecule has 11 heteroatoms. The van der Waals surface area contributed by atoms with Crippen molar-refractivity contribution in [2.45, 2.75) is 11.4 Å². The number of hydrogen-bond acceptors (Lipinski definition) is 7. The first-order valence-electron chi connectivity index (χ1n) is 10.3. The van der Waals surface area contributed by atoms with Gasteiger partial charge in [-0.15, -0.1) is 0 Å². The molecule has 3 rings (SSSR count). The van der Waals surface area contributed by atoms with Crippen molar-refractivity contribution in [3.63, 3.8) is 0 Å². The zero-order chi connectivity index (χ0) is 23.8. The molecule has 10 nitrogen and oxygen atoms in total. The highest BCUT2D eigenvalue weighted by atomic mass is 32.2. The summed E-state index contributed by atoms with van der Waals surface area (Å²) < 4.78 is 42.7. The number of benzene rings is 2. The number of nitrogens with zero attached hydrogens (tertiary/aromatic N) is 1. The minimum Gasteiger partial charge on any atom is -0.497 e. The minimum absolute atomic E-state index is 0.0230. The topological polar surface area (TPSA) is 123 Å². The monoisotopic (exact) mass is 477 g/mol. The fourth-order valence-electron chi connectivity index (χ4n) is 3.22. The summed E-state index contributed by atoms with van der Waals surface area (Å²) >= 11 is 0. The number of carbonyl (C=O) groups is 2. The molecule has 33 heavy (non-hydrogen) atoms. The van der Waals surface area contributed by atoms with Crippen LogP contribution in [0.2, 0.25) is 0 Å². The van der Waals surface area contributed by atoms with E-state index < -0.39 is 21.8 Å². The SMILES string of the molecule is COc1ccc(CNC(=O)CNC(=O)c2cc(S(=O)(=O)N3CCOCC3)ccc2OC)cc1. The maximum Gasteiger partial charge on any atom is 0.255 e. The number of amides is 2. The Morgan fingerprint density at radius 3 is 2.33 bits per heavy atom. The van der Waals surface area contributed by atoms with Crippen molar-refractivity contribution in [1.82, 2.24) is 14.9 Å².